The van der Waals surface area contributed by atoms with E-state index < -0.39 is 0 Å². The van der Waals surface area contributed by atoms with Crippen LogP contribution in [0, 0.1) is 0 Å². The van der Waals surface area contributed by atoms with Gasteiger partial charge in [-0.05, 0) is 12.8 Å². The van der Waals surface area contributed by atoms with E-state index in [1.54, 1.807) is 6.26 Å². The quantitative estimate of drug-likeness (QED) is 0.733. The highest BCUT2D eigenvalue weighted by Gasteiger charge is 2.39. The summed E-state index contributed by atoms with van der Waals surface area (Å²) in [6.07, 6.45) is 5.39. The van der Waals surface area contributed by atoms with Crippen LogP contribution in [0.5, 0.6) is 0 Å². The van der Waals surface area contributed by atoms with Gasteiger partial charge in [-0.3, -0.25) is 9.69 Å². The molecule has 0 spiro atoms. The second-order valence-electron chi connectivity index (χ2n) is 4.50. The summed E-state index contributed by atoms with van der Waals surface area (Å²) < 4.78 is 4.82. The minimum absolute atomic E-state index is 0.430. The Hall–Kier alpha value is -1.16. The van der Waals surface area contributed by atoms with Crippen LogP contribution in [0.2, 0.25) is 0 Å². The molecule has 0 radical (unpaired) electrons. The Kier molecular flexibility index (Phi) is 2.09. The number of aromatic nitrogens is 1. The summed E-state index contributed by atoms with van der Waals surface area (Å²) >= 11 is 0. The van der Waals surface area contributed by atoms with Crippen molar-refractivity contribution in [3.05, 3.63) is 18.0 Å². The summed E-state index contributed by atoms with van der Waals surface area (Å²) in [5.74, 6) is 0.430. The van der Waals surface area contributed by atoms with Crippen LogP contribution in [0.15, 0.2) is 16.9 Å². The molecule has 2 aliphatic rings. The molecule has 2 saturated heterocycles. The van der Waals surface area contributed by atoms with Gasteiger partial charge in [0, 0.05) is 37.5 Å². The topological polar surface area (TPSA) is 46.3 Å². The summed E-state index contributed by atoms with van der Waals surface area (Å²) in [5.41, 5.74) is 0.973. The number of Topliss-reactive ketones (excluding diaryl/α,β-unsaturated/α-hetero) is 1. The van der Waals surface area contributed by atoms with Gasteiger partial charge in [-0.1, -0.05) is 5.16 Å². The molecule has 3 rings (SSSR count). The second kappa shape index (κ2) is 3.45. The van der Waals surface area contributed by atoms with Crippen molar-refractivity contribution in [2.75, 3.05) is 0 Å². The Morgan fingerprint density at radius 2 is 2.13 bits per heavy atom. The molecule has 4 heteroatoms. The van der Waals surface area contributed by atoms with Crippen molar-refractivity contribution in [2.24, 2.45) is 0 Å². The number of hydrogen-bond donors (Lipinski definition) is 0. The van der Waals surface area contributed by atoms with E-state index in [1.165, 1.54) is 0 Å². The SMILES string of the molecule is O=C1CC2CCC(C1)N2Cc1ccon1. The van der Waals surface area contributed by atoms with Crippen molar-refractivity contribution in [3.63, 3.8) is 0 Å². The largest absolute Gasteiger partial charge is 0.364 e. The standard InChI is InChI=1S/C11H14N2O2/c14-11-5-9-1-2-10(6-11)13(9)7-8-3-4-15-12-8/h3-4,9-10H,1-2,5-7H2. The van der Waals surface area contributed by atoms with Crippen molar-refractivity contribution < 1.29 is 9.32 Å². The zero-order valence-electron chi connectivity index (χ0n) is 8.56. The Morgan fingerprint density at radius 1 is 1.40 bits per heavy atom. The molecule has 0 saturated carbocycles. The third-order valence-corrected chi connectivity index (χ3v) is 3.53. The number of rotatable bonds is 2. The maximum absolute atomic E-state index is 11.4. The molecule has 1 aromatic rings. The Labute approximate surface area is 88.2 Å². The monoisotopic (exact) mass is 206 g/mol. The summed E-state index contributed by atoms with van der Waals surface area (Å²) in [7, 11) is 0. The maximum Gasteiger partial charge on any atom is 0.136 e. The molecule has 80 valence electrons. The Balaban J connectivity index is 1.75. The summed E-state index contributed by atoms with van der Waals surface area (Å²) in [5, 5.41) is 3.92. The summed E-state index contributed by atoms with van der Waals surface area (Å²) in [4.78, 5) is 13.8. The van der Waals surface area contributed by atoms with E-state index in [9.17, 15) is 4.79 Å². The highest BCUT2D eigenvalue weighted by molar-refractivity contribution is 5.80. The lowest BCUT2D eigenvalue weighted by molar-refractivity contribution is -0.123. The van der Waals surface area contributed by atoms with Gasteiger partial charge in [0.15, 0.2) is 0 Å². The fourth-order valence-electron chi connectivity index (χ4n) is 2.83. The fraction of sp³-hybridized carbons (Fsp3) is 0.636. The molecule has 2 unspecified atom stereocenters. The van der Waals surface area contributed by atoms with Crippen molar-refractivity contribution in [2.45, 2.75) is 44.3 Å². The van der Waals surface area contributed by atoms with E-state index >= 15 is 0 Å². The molecule has 15 heavy (non-hydrogen) atoms. The molecular formula is C11H14N2O2. The van der Waals surface area contributed by atoms with Crippen LogP contribution in [0.1, 0.15) is 31.4 Å². The predicted octanol–water partition coefficient (Wildman–Crippen LogP) is 1.37. The molecular weight excluding hydrogens is 192 g/mol. The zero-order chi connectivity index (χ0) is 10.3. The number of carbonyl (C=O) groups is 1. The number of piperidine rings is 1. The third kappa shape index (κ3) is 1.59. The maximum atomic E-state index is 11.4. The minimum Gasteiger partial charge on any atom is -0.364 e. The van der Waals surface area contributed by atoms with Crippen LogP contribution in [-0.2, 0) is 11.3 Å². The number of nitrogens with zero attached hydrogens (tertiary/aromatic N) is 2. The van der Waals surface area contributed by atoms with Crippen molar-refractivity contribution in [3.8, 4) is 0 Å². The number of ketones is 1. The summed E-state index contributed by atoms with van der Waals surface area (Å²) in [6.45, 7) is 0.832. The first kappa shape index (κ1) is 9.09. The van der Waals surface area contributed by atoms with Gasteiger partial charge in [-0.25, -0.2) is 0 Å². The molecule has 1 aromatic heterocycles. The van der Waals surface area contributed by atoms with E-state index in [4.69, 9.17) is 4.52 Å². The molecule has 0 aromatic carbocycles. The van der Waals surface area contributed by atoms with E-state index in [-0.39, 0.29) is 0 Å². The molecule has 2 atom stereocenters. The van der Waals surface area contributed by atoms with Gasteiger partial charge in [0.1, 0.15) is 12.0 Å². The lowest BCUT2D eigenvalue weighted by Gasteiger charge is -2.33. The number of fused-ring (bicyclic) bond motifs is 2. The minimum atomic E-state index is 0.430. The van der Waals surface area contributed by atoms with Gasteiger partial charge >= 0.3 is 0 Å². The average Bonchev–Trinajstić information content (AvgIpc) is 2.77. The highest BCUT2D eigenvalue weighted by atomic mass is 16.5. The molecule has 0 N–H and O–H groups in total. The molecule has 2 fully saturated rings. The van der Waals surface area contributed by atoms with Gasteiger partial charge in [0.2, 0.25) is 0 Å². The van der Waals surface area contributed by atoms with Crippen LogP contribution >= 0.6 is 0 Å². The Morgan fingerprint density at radius 3 is 2.73 bits per heavy atom. The molecule has 0 amide bonds. The predicted molar refractivity (Wildman–Crippen MR) is 53.1 cm³/mol. The van der Waals surface area contributed by atoms with E-state index in [2.05, 4.69) is 10.1 Å². The van der Waals surface area contributed by atoms with E-state index in [0.717, 1.165) is 37.9 Å². The molecule has 0 aliphatic carbocycles. The smallest absolute Gasteiger partial charge is 0.136 e. The fourth-order valence-corrected chi connectivity index (χ4v) is 2.83. The van der Waals surface area contributed by atoms with Gasteiger partial charge in [-0.2, -0.15) is 0 Å². The lowest BCUT2D eigenvalue weighted by atomic mass is 10.0. The third-order valence-electron chi connectivity index (χ3n) is 3.53. The average molecular weight is 206 g/mol. The zero-order valence-corrected chi connectivity index (χ0v) is 8.56. The first-order valence-electron chi connectivity index (χ1n) is 5.49. The molecule has 4 nitrogen and oxygen atoms in total. The first-order chi connectivity index (χ1) is 7.33. The second-order valence-corrected chi connectivity index (χ2v) is 4.50. The van der Waals surface area contributed by atoms with Crippen LogP contribution in [0.3, 0.4) is 0 Å². The Bertz CT molecular complexity index is 345. The van der Waals surface area contributed by atoms with Crippen LogP contribution in [-0.4, -0.2) is 27.9 Å². The van der Waals surface area contributed by atoms with E-state index in [1.807, 2.05) is 6.07 Å². The van der Waals surface area contributed by atoms with Crippen molar-refractivity contribution in [1.82, 2.24) is 10.1 Å². The molecule has 2 aliphatic heterocycles. The van der Waals surface area contributed by atoms with Gasteiger partial charge < -0.3 is 4.52 Å². The number of hydrogen-bond acceptors (Lipinski definition) is 4. The van der Waals surface area contributed by atoms with Crippen molar-refractivity contribution in [1.29, 1.82) is 0 Å². The highest BCUT2D eigenvalue weighted by Crippen LogP contribution is 2.34. The van der Waals surface area contributed by atoms with Gasteiger partial charge in [0.25, 0.3) is 0 Å². The van der Waals surface area contributed by atoms with Crippen LogP contribution in [0.4, 0.5) is 0 Å². The van der Waals surface area contributed by atoms with Crippen molar-refractivity contribution >= 4 is 5.78 Å². The van der Waals surface area contributed by atoms with Crippen LogP contribution in [0.25, 0.3) is 0 Å². The molecule has 2 bridgehead atoms. The first-order valence-corrected chi connectivity index (χ1v) is 5.49. The summed E-state index contributed by atoms with van der Waals surface area (Å²) in [6, 6.07) is 2.80. The lowest BCUT2D eigenvalue weighted by Crippen LogP contribution is -2.42. The van der Waals surface area contributed by atoms with Gasteiger partial charge in [0.05, 0.1) is 5.69 Å². The molecule has 3 heterocycles. The van der Waals surface area contributed by atoms with E-state index in [0.29, 0.717) is 17.9 Å². The van der Waals surface area contributed by atoms with Gasteiger partial charge in [-0.15, -0.1) is 0 Å². The van der Waals surface area contributed by atoms with Crippen LogP contribution < -0.4 is 0 Å². The normalized spacial score (nSPS) is 31.1. The number of carbonyl (C=O) groups excluding carboxylic acids is 1.